The maximum absolute atomic E-state index is 13.2. The molecule has 0 amide bonds. The van der Waals surface area contributed by atoms with E-state index in [1.807, 2.05) is 0 Å². The molecule has 0 bridgehead atoms. The van der Waals surface area contributed by atoms with Gasteiger partial charge in [-0.25, -0.2) is 0 Å². The first-order chi connectivity index (χ1) is 12.5. The lowest BCUT2D eigenvalue weighted by Gasteiger charge is -2.24. The van der Waals surface area contributed by atoms with Gasteiger partial charge in [0.1, 0.15) is 11.5 Å². The fourth-order valence-electron chi connectivity index (χ4n) is 3.27. The van der Waals surface area contributed by atoms with E-state index in [4.69, 9.17) is 14.2 Å². The Morgan fingerprint density at radius 2 is 1.58 bits per heavy atom. The van der Waals surface area contributed by atoms with E-state index in [2.05, 4.69) is 0 Å². The van der Waals surface area contributed by atoms with Crippen LogP contribution in [0.5, 0.6) is 11.5 Å². The number of methoxy groups -OCH3 is 3. The molecule has 0 saturated carbocycles. The van der Waals surface area contributed by atoms with Gasteiger partial charge < -0.3 is 14.2 Å². The van der Waals surface area contributed by atoms with Crippen molar-refractivity contribution in [1.29, 1.82) is 0 Å². The molecule has 0 aliphatic heterocycles. The fourth-order valence-corrected chi connectivity index (χ4v) is 3.27. The molecule has 2 aromatic carbocycles. The molecule has 0 fully saturated rings. The van der Waals surface area contributed by atoms with Crippen LogP contribution in [0, 0.1) is 0 Å². The molecular formula is C20H18O6. The third-order valence-corrected chi connectivity index (χ3v) is 4.60. The molecule has 2 aromatic rings. The highest BCUT2D eigenvalue weighted by Crippen LogP contribution is 2.40. The molecule has 6 nitrogen and oxygen atoms in total. The standard InChI is InChI=1S/C20H18O6/c1-10(20(23)26-4)11-8-9-13-16(19(11)25-3)18(22)15-12(17(13)21)6-5-7-14(15)24-2/h5-10H,1-4H3. The topological polar surface area (TPSA) is 78.9 Å². The van der Waals surface area contributed by atoms with Gasteiger partial charge in [-0.15, -0.1) is 0 Å². The van der Waals surface area contributed by atoms with Crippen molar-refractivity contribution < 1.29 is 28.6 Å². The molecule has 0 N–H and O–H groups in total. The lowest BCUT2D eigenvalue weighted by molar-refractivity contribution is -0.142. The van der Waals surface area contributed by atoms with Crippen molar-refractivity contribution in [2.24, 2.45) is 0 Å². The molecule has 6 heteroatoms. The Bertz CT molecular complexity index is 928. The van der Waals surface area contributed by atoms with Gasteiger partial charge in [-0.3, -0.25) is 14.4 Å². The van der Waals surface area contributed by atoms with Crippen molar-refractivity contribution in [2.45, 2.75) is 12.8 Å². The van der Waals surface area contributed by atoms with Gasteiger partial charge in [-0.05, 0) is 19.1 Å². The molecule has 0 saturated heterocycles. The van der Waals surface area contributed by atoms with Gasteiger partial charge in [0.2, 0.25) is 5.78 Å². The summed E-state index contributed by atoms with van der Waals surface area (Å²) in [6.07, 6.45) is 0. The Balaban J connectivity index is 2.28. The second-order valence-electron chi connectivity index (χ2n) is 5.90. The first-order valence-electron chi connectivity index (χ1n) is 8.01. The van der Waals surface area contributed by atoms with Crippen LogP contribution >= 0.6 is 0 Å². The number of ether oxygens (including phenoxy) is 3. The Morgan fingerprint density at radius 1 is 0.885 bits per heavy atom. The first kappa shape index (κ1) is 17.7. The third kappa shape index (κ3) is 2.45. The van der Waals surface area contributed by atoms with E-state index in [0.717, 1.165) is 0 Å². The minimum atomic E-state index is -0.651. The van der Waals surface area contributed by atoms with Crippen LogP contribution < -0.4 is 9.47 Å². The van der Waals surface area contributed by atoms with Gasteiger partial charge in [0.15, 0.2) is 5.78 Å². The molecule has 3 rings (SSSR count). The van der Waals surface area contributed by atoms with Crippen LogP contribution in [0.15, 0.2) is 30.3 Å². The smallest absolute Gasteiger partial charge is 0.312 e. The molecule has 0 radical (unpaired) electrons. The van der Waals surface area contributed by atoms with Gasteiger partial charge in [0.05, 0.1) is 38.4 Å². The summed E-state index contributed by atoms with van der Waals surface area (Å²) < 4.78 is 15.5. The maximum Gasteiger partial charge on any atom is 0.312 e. The summed E-state index contributed by atoms with van der Waals surface area (Å²) in [6.45, 7) is 1.65. The monoisotopic (exact) mass is 354 g/mol. The number of esters is 1. The summed E-state index contributed by atoms with van der Waals surface area (Å²) in [5.74, 6) is -1.25. The largest absolute Gasteiger partial charge is 0.496 e. The zero-order valence-electron chi connectivity index (χ0n) is 14.9. The van der Waals surface area contributed by atoms with Crippen LogP contribution in [0.3, 0.4) is 0 Å². The van der Waals surface area contributed by atoms with E-state index in [9.17, 15) is 14.4 Å². The SMILES string of the molecule is COC(=O)C(C)c1ccc2c(c1OC)C(=O)c1c(OC)cccc1C2=O. The molecule has 0 aromatic heterocycles. The number of ketones is 2. The normalized spacial score (nSPS) is 13.5. The molecule has 1 unspecified atom stereocenters. The quantitative estimate of drug-likeness (QED) is 0.671. The zero-order chi connectivity index (χ0) is 19.0. The summed E-state index contributed by atoms with van der Waals surface area (Å²) >= 11 is 0. The van der Waals surface area contributed by atoms with Crippen LogP contribution in [-0.2, 0) is 9.53 Å². The lowest BCUT2D eigenvalue weighted by atomic mass is 9.81. The maximum atomic E-state index is 13.2. The summed E-state index contributed by atoms with van der Waals surface area (Å²) in [5.41, 5.74) is 1.36. The van der Waals surface area contributed by atoms with E-state index in [1.165, 1.54) is 21.3 Å². The van der Waals surface area contributed by atoms with E-state index >= 15 is 0 Å². The first-order valence-corrected chi connectivity index (χ1v) is 8.01. The predicted molar refractivity (Wildman–Crippen MR) is 93.3 cm³/mol. The van der Waals surface area contributed by atoms with E-state index in [1.54, 1.807) is 37.3 Å². The highest BCUT2D eigenvalue weighted by atomic mass is 16.5. The molecule has 1 atom stereocenters. The summed E-state index contributed by atoms with van der Waals surface area (Å²) in [6, 6.07) is 8.06. The number of benzene rings is 2. The average molecular weight is 354 g/mol. The second kappa shape index (κ2) is 6.63. The average Bonchev–Trinajstić information content (AvgIpc) is 2.68. The van der Waals surface area contributed by atoms with Gasteiger partial charge in [-0.1, -0.05) is 18.2 Å². The van der Waals surface area contributed by atoms with E-state index in [-0.39, 0.29) is 39.6 Å². The van der Waals surface area contributed by atoms with Crippen molar-refractivity contribution in [3.8, 4) is 11.5 Å². The fraction of sp³-hybridized carbons (Fsp3) is 0.250. The van der Waals surface area contributed by atoms with E-state index in [0.29, 0.717) is 11.3 Å². The number of hydrogen-bond donors (Lipinski definition) is 0. The third-order valence-electron chi connectivity index (χ3n) is 4.60. The molecule has 134 valence electrons. The van der Waals surface area contributed by atoms with Gasteiger partial charge in [0.25, 0.3) is 0 Å². The Morgan fingerprint density at radius 3 is 2.19 bits per heavy atom. The Labute approximate surface area is 150 Å². The van der Waals surface area contributed by atoms with E-state index < -0.39 is 11.9 Å². The Hall–Kier alpha value is -3.15. The summed E-state index contributed by atoms with van der Waals surface area (Å²) in [7, 11) is 4.13. The second-order valence-corrected chi connectivity index (χ2v) is 5.90. The van der Waals surface area contributed by atoms with Crippen molar-refractivity contribution in [2.75, 3.05) is 21.3 Å². The lowest BCUT2D eigenvalue weighted by Crippen LogP contribution is -2.24. The number of carbonyl (C=O) groups excluding carboxylic acids is 3. The van der Waals surface area contributed by atoms with Crippen molar-refractivity contribution in [3.63, 3.8) is 0 Å². The minimum Gasteiger partial charge on any atom is -0.496 e. The molecule has 0 heterocycles. The van der Waals surface area contributed by atoms with Gasteiger partial charge >= 0.3 is 5.97 Å². The molecular weight excluding hydrogens is 336 g/mol. The van der Waals surface area contributed by atoms with Crippen LogP contribution in [0.2, 0.25) is 0 Å². The molecule has 26 heavy (non-hydrogen) atoms. The van der Waals surface area contributed by atoms with Crippen LogP contribution in [-0.4, -0.2) is 38.9 Å². The number of fused-ring (bicyclic) bond motifs is 2. The van der Waals surface area contributed by atoms with Crippen molar-refractivity contribution in [1.82, 2.24) is 0 Å². The summed E-state index contributed by atoms with van der Waals surface area (Å²) in [4.78, 5) is 38.0. The van der Waals surface area contributed by atoms with Crippen molar-refractivity contribution in [3.05, 3.63) is 58.1 Å². The highest BCUT2D eigenvalue weighted by Gasteiger charge is 2.36. The van der Waals surface area contributed by atoms with Gasteiger partial charge in [0, 0.05) is 16.7 Å². The van der Waals surface area contributed by atoms with Crippen LogP contribution in [0.4, 0.5) is 0 Å². The van der Waals surface area contributed by atoms with Gasteiger partial charge in [-0.2, -0.15) is 0 Å². The molecule has 1 aliphatic carbocycles. The zero-order valence-corrected chi connectivity index (χ0v) is 14.9. The summed E-state index contributed by atoms with van der Waals surface area (Å²) in [5, 5.41) is 0. The minimum absolute atomic E-state index is 0.141. The van der Waals surface area contributed by atoms with Crippen molar-refractivity contribution >= 4 is 17.5 Å². The Kier molecular flexibility index (Phi) is 4.50. The predicted octanol–water partition coefficient (Wildman–Crippen LogP) is 2.76. The highest BCUT2D eigenvalue weighted by molar-refractivity contribution is 6.30. The number of rotatable bonds is 4. The molecule has 0 spiro atoms. The number of carbonyl (C=O) groups is 3. The molecule has 1 aliphatic rings. The number of hydrogen-bond acceptors (Lipinski definition) is 6. The van der Waals surface area contributed by atoms with Crippen LogP contribution in [0.25, 0.3) is 0 Å². The van der Waals surface area contributed by atoms with Crippen LogP contribution in [0.1, 0.15) is 50.2 Å².